The predicted octanol–water partition coefficient (Wildman–Crippen LogP) is 4.41. The van der Waals surface area contributed by atoms with E-state index in [2.05, 4.69) is 46.8 Å². The summed E-state index contributed by atoms with van der Waals surface area (Å²) in [5.41, 5.74) is 6.87. The van der Waals surface area contributed by atoms with Crippen LogP contribution in [-0.2, 0) is 0 Å². The fraction of sp³-hybridized carbons (Fsp3) is 1.00. The Labute approximate surface area is 145 Å². The molecule has 3 aliphatic heterocycles. The Balaban J connectivity index is 1.79. The van der Waals surface area contributed by atoms with Crippen molar-refractivity contribution in [1.29, 1.82) is 0 Å². The summed E-state index contributed by atoms with van der Waals surface area (Å²) in [5.74, 6) is 1.55. The van der Waals surface area contributed by atoms with Gasteiger partial charge in [-0.3, -0.25) is 4.90 Å². The maximum absolute atomic E-state index is 6.85. The topological polar surface area (TPSA) is 29.3 Å². The first-order chi connectivity index (χ1) is 10.8. The van der Waals surface area contributed by atoms with Crippen molar-refractivity contribution in [1.82, 2.24) is 4.90 Å². The minimum Gasteiger partial charge on any atom is -0.332 e. The lowest BCUT2D eigenvalue weighted by atomic mass is 9.23. The Morgan fingerprint density at radius 3 is 2.39 bits per heavy atom. The second kappa shape index (κ2) is 6.37. The average Bonchev–Trinajstić information content (AvgIpc) is 2.43. The second-order valence-electron chi connectivity index (χ2n) is 9.69. The number of nitrogens with two attached hydrogens (primary N) is 1. The van der Waals surface area contributed by atoms with E-state index in [1.165, 1.54) is 51.4 Å². The molecule has 131 valence electrons. The van der Waals surface area contributed by atoms with E-state index < -0.39 is 0 Å². The van der Waals surface area contributed by atoms with Crippen molar-refractivity contribution in [3.63, 3.8) is 0 Å². The van der Waals surface area contributed by atoms with Gasteiger partial charge in [0.05, 0.1) is 0 Å². The lowest BCUT2D eigenvalue weighted by Crippen LogP contribution is -2.66. The van der Waals surface area contributed by atoms with Crippen LogP contribution in [0.5, 0.6) is 0 Å². The van der Waals surface area contributed by atoms with E-state index in [4.69, 9.17) is 5.73 Å². The SMILES string of the molecule is CC(C)N1C(C)CCC2CC3(N)[B]C(C(C)C)(CCCCC21)C3. The summed E-state index contributed by atoms with van der Waals surface area (Å²) in [5, 5.41) is 0.446. The van der Waals surface area contributed by atoms with Crippen LogP contribution in [0.3, 0.4) is 0 Å². The molecule has 1 saturated carbocycles. The third-order valence-corrected chi connectivity index (χ3v) is 7.40. The molecule has 23 heavy (non-hydrogen) atoms. The molecule has 0 aromatic carbocycles. The van der Waals surface area contributed by atoms with Gasteiger partial charge in [-0.25, -0.2) is 0 Å². The molecule has 0 aromatic rings. The van der Waals surface area contributed by atoms with Gasteiger partial charge >= 0.3 is 0 Å². The number of likely N-dealkylation sites (tertiary alicyclic amines) is 1. The maximum atomic E-state index is 6.85. The van der Waals surface area contributed by atoms with E-state index in [-0.39, 0.29) is 5.44 Å². The molecule has 2 bridgehead atoms. The van der Waals surface area contributed by atoms with Crippen molar-refractivity contribution in [3.05, 3.63) is 0 Å². The minimum atomic E-state index is 0.0216. The Bertz CT molecular complexity index is 414. The summed E-state index contributed by atoms with van der Waals surface area (Å²) in [6, 6.07) is 2.17. The van der Waals surface area contributed by atoms with Crippen molar-refractivity contribution in [2.24, 2.45) is 17.6 Å². The van der Waals surface area contributed by atoms with Crippen molar-refractivity contribution in [2.75, 3.05) is 0 Å². The molecule has 0 aromatic heterocycles. The monoisotopic (exact) mass is 317 g/mol. The van der Waals surface area contributed by atoms with Crippen molar-refractivity contribution in [3.8, 4) is 0 Å². The summed E-state index contributed by atoms with van der Waals surface area (Å²) in [4.78, 5) is 2.83. The Morgan fingerprint density at radius 2 is 1.78 bits per heavy atom. The molecule has 0 amide bonds. The van der Waals surface area contributed by atoms with Gasteiger partial charge in [-0.15, -0.1) is 0 Å². The number of hydrogen-bond acceptors (Lipinski definition) is 2. The zero-order chi connectivity index (χ0) is 16.8. The number of piperidine rings is 1. The molecule has 5 unspecified atom stereocenters. The highest BCUT2D eigenvalue weighted by Crippen LogP contribution is 2.58. The Kier molecular flexibility index (Phi) is 4.93. The average molecular weight is 317 g/mol. The highest BCUT2D eigenvalue weighted by atomic mass is 15.2. The van der Waals surface area contributed by atoms with E-state index >= 15 is 0 Å². The zero-order valence-electron chi connectivity index (χ0n) is 16.1. The molecular formula is C20H38BN2. The van der Waals surface area contributed by atoms with E-state index in [9.17, 15) is 0 Å². The Hall–Kier alpha value is -0.0151. The zero-order valence-corrected chi connectivity index (χ0v) is 16.1. The molecular weight excluding hydrogens is 279 g/mol. The van der Waals surface area contributed by atoms with Crippen LogP contribution in [0.2, 0.25) is 5.31 Å². The maximum Gasteiger partial charge on any atom is 0.145 e. The van der Waals surface area contributed by atoms with Gasteiger partial charge in [-0.2, -0.15) is 0 Å². The van der Waals surface area contributed by atoms with Crippen molar-refractivity contribution >= 4 is 7.28 Å². The Morgan fingerprint density at radius 1 is 1.09 bits per heavy atom. The molecule has 1 aliphatic carbocycles. The molecule has 3 saturated heterocycles. The third-order valence-electron chi connectivity index (χ3n) is 7.40. The second-order valence-corrected chi connectivity index (χ2v) is 9.69. The molecule has 3 heteroatoms. The first kappa shape index (κ1) is 17.8. The molecule has 5 atom stereocenters. The van der Waals surface area contributed by atoms with E-state index in [0.29, 0.717) is 11.4 Å². The summed E-state index contributed by atoms with van der Waals surface area (Å²) in [6.07, 6.45) is 10.7. The minimum absolute atomic E-state index is 0.0216. The number of fused-ring (bicyclic) bond motifs is 3. The highest BCUT2D eigenvalue weighted by molar-refractivity contribution is 6.49. The summed E-state index contributed by atoms with van der Waals surface area (Å²) < 4.78 is 0. The van der Waals surface area contributed by atoms with Crippen LogP contribution in [0.1, 0.15) is 86.0 Å². The van der Waals surface area contributed by atoms with E-state index in [1.807, 2.05) is 0 Å². The van der Waals surface area contributed by atoms with Gasteiger partial charge in [0.1, 0.15) is 7.28 Å². The lowest BCUT2D eigenvalue weighted by molar-refractivity contribution is 0.00108. The van der Waals surface area contributed by atoms with Crippen LogP contribution < -0.4 is 5.73 Å². The summed E-state index contributed by atoms with van der Waals surface area (Å²) in [6.45, 7) is 12.0. The number of hydrogen-bond donors (Lipinski definition) is 1. The van der Waals surface area contributed by atoms with Crippen molar-refractivity contribution in [2.45, 2.75) is 115 Å². The summed E-state index contributed by atoms with van der Waals surface area (Å²) >= 11 is 0. The molecule has 0 spiro atoms. The van der Waals surface area contributed by atoms with E-state index in [1.54, 1.807) is 0 Å². The van der Waals surface area contributed by atoms with Gasteiger partial charge in [0.15, 0.2) is 0 Å². The molecule has 2 nitrogen and oxygen atoms in total. The third kappa shape index (κ3) is 3.25. The molecule has 4 rings (SSSR count). The summed E-state index contributed by atoms with van der Waals surface area (Å²) in [7, 11) is 2.59. The van der Waals surface area contributed by atoms with Crippen LogP contribution in [0.15, 0.2) is 0 Å². The molecule has 1 radical (unpaired) electrons. The molecule has 4 fully saturated rings. The fourth-order valence-electron chi connectivity index (χ4n) is 6.28. The van der Waals surface area contributed by atoms with Crippen LogP contribution in [0, 0.1) is 11.8 Å². The van der Waals surface area contributed by atoms with Crippen LogP contribution in [0.4, 0.5) is 0 Å². The van der Waals surface area contributed by atoms with E-state index in [0.717, 1.165) is 23.9 Å². The van der Waals surface area contributed by atoms with Gasteiger partial charge < -0.3 is 5.73 Å². The smallest absolute Gasteiger partial charge is 0.145 e. The van der Waals surface area contributed by atoms with Gasteiger partial charge in [-0.05, 0) is 70.1 Å². The number of nitrogens with zero attached hydrogens (tertiary/aromatic N) is 1. The highest BCUT2D eigenvalue weighted by Gasteiger charge is 2.55. The first-order valence-corrected chi connectivity index (χ1v) is 10.2. The number of rotatable bonds is 2. The van der Waals surface area contributed by atoms with Gasteiger partial charge in [0, 0.05) is 18.1 Å². The first-order valence-electron chi connectivity index (χ1n) is 10.2. The quantitative estimate of drug-likeness (QED) is 0.765. The molecule has 3 heterocycles. The van der Waals surface area contributed by atoms with Gasteiger partial charge in [0.2, 0.25) is 0 Å². The van der Waals surface area contributed by atoms with Gasteiger partial charge in [-0.1, -0.05) is 38.4 Å². The van der Waals surface area contributed by atoms with Gasteiger partial charge in [0.25, 0.3) is 0 Å². The fourth-order valence-corrected chi connectivity index (χ4v) is 6.28. The lowest BCUT2D eigenvalue weighted by Gasteiger charge is -2.60. The predicted molar refractivity (Wildman–Crippen MR) is 101 cm³/mol. The normalized spacial score (nSPS) is 45.3. The van der Waals surface area contributed by atoms with Crippen molar-refractivity contribution < 1.29 is 0 Å². The van der Waals surface area contributed by atoms with Crippen LogP contribution in [-0.4, -0.2) is 35.7 Å². The largest absolute Gasteiger partial charge is 0.332 e. The van der Waals surface area contributed by atoms with Crippen LogP contribution in [0.25, 0.3) is 0 Å². The molecule has 4 aliphatic rings. The standard InChI is InChI=1S/C20H38BN2/c1-14(2)19-11-7-6-8-18-17(12-20(22,13-19)21-19)10-9-16(5)23(18)15(3)4/h14-18H,6-13,22H2,1-5H3. The van der Waals surface area contributed by atoms with Crippen LogP contribution >= 0.6 is 0 Å². The molecule has 2 N–H and O–H groups in total.